The number of nitrogens with one attached hydrogen (secondary N) is 1. The Kier molecular flexibility index (Phi) is 7.15. The number of rotatable bonds is 8. The number of unbranched alkanes of at least 4 members (excludes halogenated alkanes) is 1. The maximum atomic E-state index is 12.6. The van der Waals surface area contributed by atoms with Gasteiger partial charge < -0.3 is 5.32 Å². The van der Waals surface area contributed by atoms with Crippen LogP contribution in [0.2, 0.25) is 0 Å². The summed E-state index contributed by atoms with van der Waals surface area (Å²) < 4.78 is 37.7. The molecule has 0 radical (unpaired) electrons. The molecule has 0 aliphatic heterocycles. The van der Waals surface area contributed by atoms with E-state index < -0.39 is 11.7 Å². The molecule has 5 heteroatoms. The molecule has 0 saturated heterocycles. The first-order valence-electron chi connectivity index (χ1n) is 7.62. The molecule has 1 rings (SSSR count). The molecule has 2 unspecified atom stereocenters. The average Bonchev–Trinajstić information content (AvgIpc) is 2.47. The van der Waals surface area contributed by atoms with Gasteiger partial charge in [0.15, 0.2) is 0 Å². The highest BCUT2D eigenvalue weighted by Gasteiger charge is 2.31. The Balaban J connectivity index is 2.75. The second-order valence-corrected chi connectivity index (χ2v) is 5.46. The minimum absolute atomic E-state index is 0.00842. The Morgan fingerprint density at radius 2 is 1.95 bits per heavy atom. The van der Waals surface area contributed by atoms with E-state index in [9.17, 15) is 13.2 Å². The molecule has 0 aromatic carbocycles. The molecule has 120 valence electrons. The monoisotopic (exact) mass is 302 g/mol. The van der Waals surface area contributed by atoms with E-state index in [1.54, 1.807) is 0 Å². The van der Waals surface area contributed by atoms with Gasteiger partial charge in [0.25, 0.3) is 0 Å². The van der Waals surface area contributed by atoms with Gasteiger partial charge in [-0.15, -0.1) is 0 Å². The van der Waals surface area contributed by atoms with Gasteiger partial charge in [-0.1, -0.05) is 39.5 Å². The topological polar surface area (TPSA) is 24.9 Å². The smallest absolute Gasteiger partial charge is 0.312 e. The molecule has 1 aromatic heterocycles. The second kappa shape index (κ2) is 8.37. The highest BCUT2D eigenvalue weighted by atomic mass is 19.4. The fourth-order valence-electron chi connectivity index (χ4n) is 2.48. The van der Waals surface area contributed by atoms with Crippen LogP contribution < -0.4 is 5.32 Å². The summed E-state index contributed by atoms with van der Waals surface area (Å²) in [6, 6.07) is 2.60. The van der Waals surface area contributed by atoms with Crippen LogP contribution >= 0.6 is 0 Å². The summed E-state index contributed by atoms with van der Waals surface area (Å²) >= 11 is 0. The van der Waals surface area contributed by atoms with Gasteiger partial charge in [-0.25, -0.2) is 0 Å². The molecule has 0 bridgehead atoms. The van der Waals surface area contributed by atoms with Crippen molar-refractivity contribution in [2.24, 2.45) is 5.92 Å². The fourth-order valence-corrected chi connectivity index (χ4v) is 2.48. The first-order chi connectivity index (χ1) is 9.92. The molecule has 0 spiro atoms. The Bertz CT molecular complexity index is 401. The lowest BCUT2D eigenvalue weighted by Crippen LogP contribution is -2.21. The van der Waals surface area contributed by atoms with E-state index >= 15 is 0 Å². The van der Waals surface area contributed by atoms with Crippen molar-refractivity contribution >= 4 is 0 Å². The van der Waals surface area contributed by atoms with Crippen LogP contribution in [0.1, 0.15) is 63.3 Å². The van der Waals surface area contributed by atoms with Gasteiger partial charge in [-0.3, -0.25) is 4.98 Å². The summed E-state index contributed by atoms with van der Waals surface area (Å²) in [7, 11) is 1.83. The molecule has 0 fully saturated rings. The largest absolute Gasteiger partial charge is 0.417 e. The Morgan fingerprint density at radius 3 is 2.38 bits per heavy atom. The van der Waals surface area contributed by atoms with Crippen molar-refractivity contribution in [3.8, 4) is 0 Å². The van der Waals surface area contributed by atoms with Gasteiger partial charge >= 0.3 is 6.18 Å². The lowest BCUT2D eigenvalue weighted by atomic mass is 9.90. The van der Waals surface area contributed by atoms with E-state index in [2.05, 4.69) is 24.1 Å². The number of halogens is 3. The lowest BCUT2D eigenvalue weighted by Gasteiger charge is -2.22. The van der Waals surface area contributed by atoms with Gasteiger partial charge in [0.2, 0.25) is 0 Å². The number of hydrogen-bond donors (Lipinski definition) is 1. The van der Waals surface area contributed by atoms with Crippen LogP contribution in [0.3, 0.4) is 0 Å². The van der Waals surface area contributed by atoms with E-state index in [1.165, 1.54) is 18.9 Å². The SMILES string of the molecule is CCCCC(CC)CC(NC)c1ccc(C(F)(F)F)cn1. The summed E-state index contributed by atoms with van der Waals surface area (Å²) in [6.07, 6.45) is 2.10. The number of hydrogen-bond acceptors (Lipinski definition) is 2. The summed E-state index contributed by atoms with van der Waals surface area (Å²) in [5.41, 5.74) is -0.0143. The number of aromatic nitrogens is 1. The average molecular weight is 302 g/mol. The fraction of sp³-hybridized carbons (Fsp3) is 0.688. The van der Waals surface area contributed by atoms with Crippen LogP contribution in [-0.4, -0.2) is 12.0 Å². The summed E-state index contributed by atoms with van der Waals surface area (Å²) in [5, 5.41) is 3.17. The van der Waals surface area contributed by atoms with Crippen LogP contribution in [0.4, 0.5) is 13.2 Å². The van der Waals surface area contributed by atoms with Crippen molar-refractivity contribution < 1.29 is 13.2 Å². The quantitative estimate of drug-likeness (QED) is 0.733. The van der Waals surface area contributed by atoms with E-state index in [1.807, 2.05) is 7.05 Å². The molecule has 0 aliphatic carbocycles. The molecule has 21 heavy (non-hydrogen) atoms. The minimum Gasteiger partial charge on any atom is -0.312 e. The highest BCUT2D eigenvalue weighted by Crippen LogP contribution is 2.30. The number of pyridine rings is 1. The van der Waals surface area contributed by atoms with Crippen molar-refractivity contribution in [3.63, 3.8) is 0 Å². The molecular weight excluding hydrogens is 277 g/mol. The predicted octanol–water partition coefficient (Wildman–Crippen LogP) is 4.97. The van der Waals surface area contributed by atoms with Crippen molar-refractivity contribution in [3.05, 3.63) is 29.6 Å². The Hall–Kier alpha value is -1.10. The van der Waals surface area contributed by atoms with Crippen LogP contribution in [0.25, 0.3) is 0 Å². The van der Waals surface area contributed by atoms with E-state index in [4.69, 9.17) is 0 Å². The zero-order valence-electron chi connectivity index (χ0n) is 13.0. The normalized spacial score (nSPS) is 15.0. The van der Waals surface area contributed by atoms with Crippen molar-refractivity contribution in [1.82, 2.24) is 10.3 Å². The van der Waals surface area contributed by atoms with Crippen molar-refractivity contribution in [2.75, 3.05) is 7.05 Å². The molecule has 1 heterocycles. The molecular formula is C16H25F3N2. The maximum Gasteiger partial charge on any atom is 0.417 e. The first-order valence-corrected chi connectivity index (χ1v) is 7.62. The zero-order chi connectivity index (χ0) is 15.9. The van der Waals surface area contributed by atoms with Crippen LogP contribution in [0.5, 0.6) is 0 Å². The van der Waals surface area contributed by atoms with Crippen molar-refractivity contribution in [2.45, 2.75) is 58.2 Å². The molecule has 1 N–H and O–H groups in total. The molecule has 0 aliphatic rings. The van der Waals surface area contributed by atoms with Gasteiger partial charge in [-0.2, -0.15) is 13.2 Å². The predicted molar refractivity (Wildman–Crippen MR) is 79.0 cm³/mol. The third-order valence-corrected chi connectivity index (χ3v) is 3.93. The summed E-state index contributed by atoms with van der Waals surface area (Å²) in [6.45, 7) is 4.33. The van der Waals surface area contributed by atoms with Crippen LogP contribution in [0, 0.1) is 5.92 Å². The molecule has 2 atom stereocenters. The maximum absolute atomic E-state index is 12.6. The standard InChI is InChI=1S/C16H25F3N2/c1-4-6-7-12(5-2)10-15(20-3)14-9-8-13(11-21-14)16(17,18)19/h8-9,11-12,15,20H,4-7,10H2,1-3H3. The van der Waals surface area contributed by atoms with E-state index in [0.717, 1.165) is 31.5 Å². The Labute approximate surface area is 125 Å². The first kappa shape index (κ1) is 18.0. The van der Waals surface area contributed by atoms with Gasteiger partial charge in [0, 0.05) is 12.2 Å². The number of alkyl halides is 3. The van der Waals surface area contributed by atoms with Crippen molar-refractivity contribution in [1.29, 1.82) is 0 Å². The van der Waals surface area contributed by atoms with Gasteiger partial charge in [0.05, 0.1) is 11.3 Å². The van der Waals surface area contributed by atoms with Gasteiger partial charge in [-0.05, 0) is 31.5 Å². The molecule has 1 aromatic rings. The summed E-state index contributed by atoms with van der Waals surface area (Å²) in [5.74, 6) is 0.575. The third kappa shape index (κ3) is 5.65. The van der Waals surface area contributed by atoms with Crippen LogP contribution in [0.15, 0.2) is 18.3 Å². The summed E-state index contributed by atoms with van der Waals surface area (Å²) in [4.78, 5) is 4.00. The highest BCUT2D eigenvalue weighted by molar-refractivity contribution is 5.19. The molecule has 0 amide bonds. The third-order valence-electron chi connectivity index (χ3n) is 3.93. The lowest BCUT2D eigenvalue weighted by molar-refractivity contribution is -0.137. The number of nitrogens with zero attached hydrogens (tertiary/aromatic N) is 1. The zero-order valence-corrected chi connectivity index (χ0v) is 13.0. The molecule has 2 nitrogen and oxygen atoms in total. The van der Waals surface area contributed by atoms with E-state index in [0.29, 0.717) is 11.6 Å². The van der Waals surface area contributed by atoms with E-state index in [-0.39, 0.29) is 6.04 Å². The second-order valence-electron chi connectivity index (χ2n) is 5.46. The molecule has 0 saturated carbocycles. The minimum atomic E-state index is -4.33. The van der Waals surface area contributed by atoms with Crippen LogP contribution in [-0.2, 0) is 6.18 Å². The van der Waals surface area contributed by atoms with Gasteiger partial charge in [0.1, 0.15) is 0 Å². The Morgan fingerprint density at radius 1 is 1.24 bits per heavy atom.